The Kier molecular flexibility index (Phi) is 4.03. The summed E-state index contributed by atoms with van der Waals surface area (Å²) in [6.07, 6.45) is 1.14. The number of carbonyl (C=O) groups excluding carboxylic acids is 2. The van der Waals surface area contributed by atoms with Gasteiger partial charge in [-0.1, -0.05) is 12.1 Å². The van der Waals surface area contributed by atoms with Crippen LogP contribution in [-0.2, 0) is 16.0 Å². The maximum atomic E-state index is 11.2. The maximum Gasteiger partial charge on any atom is 0.140 e. The first-order valence-corrected chi connectivity index (χ1v) is 4.93. The molecule has 1 aromatic carbocycles. The number of rotatable bonds is 5. The molecule has 0 aliphatic heterocycles. The highest BCUT2D eigenvalue weighted by Crippen LogP contribution is 2.08. The summed E-state index contributed by atoms with van der Waals surface area (Å²) in [5.41, 5.74) is 7.32. The molecule has 0 atom stereocenters. The third kappa shape index (κ3) is 4.40. The van der Waals surface area contributed by atoms with Crippen LogP contribution < -0.4 is 5.73 Å². The van der Waals surface area contributed by atoms with Crippen LogP contribution in [0.25, 0.3) is 0 Å². The van der Waals surface area contributed by atoms with E-state index in [1.807, 2.05) is 24.3 Å². The van der Waals surface area contributed by atoms with Gasteiger partial charge in [-0.25, -0.2) is 0 Å². The number of carbonyl (C=O) groups is 2. The molecule has 0 fully saturated rings. The summed E-state index contributed by atoms with van der Waals surface area (Å²) >= 11 is 0. The van der Waals surface area contributed by atoms with Gasteiger partial charge in [-0.3, -0.25) is 9.59 Å². The molecule has 0 aliphatic rings. The van der Waals surface area contributed by atoms with Gasteiger partial charge in [0.2, 0.25) is 0 Å². The lowest BCUT2D eigenvalue weighted by Crippen LogP contribution is -2.05. The predicted octanol–water partition coefficient (Wildman–Crippen LogP) is 1.75. The lowest BCUT2D eigenvalue weighted by molar-refractivity contribution is -0.125. The molecule has 15 heavy (non-hydrogen) atoms. The Balaban J connectivity index is 2.40. The van der Waals surface area contributed by atoms with Crippen LogP contribution in [0.3, 0.4) is 0 Å². The van der Waals surface area contributed by atoms with Crippen molar-refractivity contribution in [3.05, 3.63) is 29.8 Å². The van der Waals surface area contributed by atoms with Gasteiger partial charge in [0.15, 0.2) is 0 Å². The minimum atomic E-state index is -0.0719. The normalized spacial score (nSPS) is 9.93. The first-order valence-electron chi connectivity index (χ1n) is 4.93. The van der Waals surface area contributed by atoms with E-state index in [2.05, 4.69) is 0 Å². The van der Waals surface area contributed by atoms with Crippen LogP contribution in [0.1, 0.15) is 25.3 Å². The summed E-state index contributed by atoms with van der Waals surface area (Å²) in [7, 11) is 0. The molecule has 0 unspecified atom stereocenters. The van der Waals surface area contributed by atoms with Gasteiger partial charge in [-0.2, -0.15) is 0 Å². The van der Waals surface area contributed by atoms with E-state index in [0.717, 1.165) is 5.56 Å². The van der Waals surface area contributed by atoms with Gasteiger partial charge in [-0.15, -0.1) is 0 Å². The average Bonchev–Trinajstić information content (AvgIpc) is 2.16. The second-order valence-corrected chi connectivity index (χ2v) is 3.66. The molecule has 0 heterocycles. The van der Waals surface area contributed by atoms with Crippen molar-refractivity contribution in [2.24, 2.45) is 0 Å². The number of hydrogen-bond acceptors (Lipinski definition) is 3. The maximum absolute atomic E-state index is 11.2. The highest BCUT2D eigenvalue weighted by Gasteiger charge is 2.05. The first kappa shape index (κ1) is 11.4. The van der Waals surface area contributed by atoms with Crippen LogP contribution in [0.5, 0.6) is 0 Å². The van der Waals surface area contributed by atoms with Crippen molar-refractivity contribution in [3.8, 4) is 0 Å². The lowest BCUT2D eigenvalue weighted by Gasteiger charge is -2.00. The Hall–Kier alpha value is -1.64. The van der Waals surface area contributed by atoms with E-state index in [9.17, 15) is 9.59 Å². The number of Topliss-reactive ketones (excluding diaryl/α,β-unsaturated/α-hetero) is 2. The number of benzene rings is 1. The summed E-state index contributed by atoms with van der Waals surface area (Å²) in [5.74, 6) is -0.0726. The Labute approximate surface area is 89.3 Å². The Morgan fingerprint density at radius 1 is 1.20 bits per heavy atom. The van der Waals surface area contributed by atoms with Crippen molar-refractivity contribution in [3.63, 3.8) is 0 Å². The number of ketones is 2. The third-order valence-electron chi connectivity index (χ3n) is 2.12. The van der Waals surface area contributed by atoms with Gasteiger partial charge in [0.1, 0.15) is 11.6 Å². The van der Waals surface area contributed by atoms with Gasteiger partial charge >= 0.3 is 0 Å². The number of aryl methyl sites for hydroxylation is 1. The molecule has 0 bridgehead atoms. The van der Waals surface area contributed by atoms with E-state index in [0.29, 0.717) is 18.5 Å². The molecular formula is C12H15NO2. The molecule has 3 heteroatoms. The fourth-order valence-corrected chi connectivity index (χ4v) is 1.33. The molecule has 1 aromatic rings. The fraction of sp³-hybridized carbons (Fsp3) is 0.333. The third-order valence-corrected chi connectivity index (χ3v) is 2.12. The summed E-state index contributed by atoms with van der Waals surface area (Å²) in [6.45, 7) is 1.43. The van der Waals surface area contributed by atoms with E-state index in [1.54, 1.807) is 0 Å². The Bertz CT molecular complexity index is 354. The monoisotopic (exact) mass is 205 g/mol. The molecule has 0 amide bonds. The molecule has 80 valence electrons. The van der Waals surface area contributed by atoms with Gasteiger partial charge in [0.05, 0.1) is 6.42 Å². The molecule has 0 spiro atoms. The number of nitrogen functional groups attached to an aromatic ring is 1. The zero-order valence-corrected chi connectivity index (χ0v) is 8.82. The van der Waals surface area contributed by atoms with Crippen LogP contribution in [0.2, 0.25) is 0 Å². The molecule has 3 nitrogen and oxygen atoms in total. The topological polar surface area (TPSA) is 60.2 Å². The first-order chi connectivity index (χ1) is 7.08. The summed E-state index contributed by atoms with van der Waals surface area (Å²) < 4.78 is 0. The smallest absolute Gasteiger partial charge is 0.140 e. The minimum Gasteiger partial charge on any atom is -0.399 e. The number of hydrogen-bond donors (Lipinski definition) is 1. The van der Waals surface area contributed by atoms with Crippen molar-refractivity contribution in [2.75, 3.05) is 5.73 Å². The van der Waals surface area contributed by atoms with Gasteiger partial charge in [0.25, 0.3) is 0 Å². The van der Waals surface area contributed by atoms with Crippen molar-refractivity contribution in [2.45, 2.75) is 26.2 Å². The molecule has 2 N–H and O–H groups in total. The van der Waals surface area contributed by atoms with E-state index in [-0.39, 0.29) is 18.0 Å². The quantitative estimate of drug-likeness (QED) is 0.588. The van der Waals surface area contributed by atoms with Crippen molar-refractivity contribution >= 4 is 17.3 Å². The summed E-state index contributed by atoms with van der Waals surface area (Å²) in [6, 6.07) is 7.42. The Morgan fingerprint density at radius 2 is 1.80 bits per heavy atom. The van der Waals surface area contributed by atoms with Crippen molar-refractivity contribution in [1.82, 2.24) is 0 Å². The van der Waals surface area contributed by atoms with E-state index in [4.69, 9.17) is 5.73 Å². The van der Waals surface area contributed by atoms with Crippen LogP contribution in [-0.4, -0.2) is 11.6 Å². The second kappa shape index (κ2) is 5.29. The molecule has 0 saturated heterocycles. The number of anilines is 1. The SMILES string of the molecule is CC(=O)CC(=O)CCc1ccc(N)cc1. The van der Waals surface area contributed by atoms with E-state index >= 15 is 0 Å². The fourth-order valence-electron chi connectivity index (χ4n) is 1.33. The zero-order valence-electron chi connectivity index (χ0n) is 8.82. The largest absolute Gasteiger partial charge is 0.399 e. The highest BCUT2D eigenvalue weighted by atomic mass is 16.1. The molecule has 0 radical (unpaired) electrons. The zero-order chi connectivity index (χ0) is 11.3. The van der Waals surface area contributed by atoms with E-state index in [1.165, 1.54) is 6.92 Å². The molecule has 0 saturated carbocycles. The molecule has 0 aromatic heterocycles. The van der Waals surface area contributed by atoms with Gasteiger partial charge in [-0.05, 0) is 31.0 Å². The standard InChI is InChI=1S/C12H15NO2/c1-9(14)8-12(15)7-4-10-2-5-11(13)6-3-10/h2-3,5-6H,4,7-8,13H2,1H3. The number of nitrogens with two attached hydrogens (primary N) is 1. The molecule has 0 aliphatic carbocycles. The lowest BCUT2D eigenvalue weighted by atomic mass is 10.0. The molecule has 1 rings (SSSR count). The molecular weight excluding hydrogens is 190 g/mol. The van der Waals surface area contributed by atoms with Crippen LogP contribution in [0.15, 0.2) is 24.3 Å². The summed E-state index contributed by atoms with van der Waals surface area (Å²) in [4.78, 5) is 21.9. The van der Waals surface area contributed by atoms with Gasteiger partial charge in [0, 0.05) is 12.1 Å². The van der Waals surface area contributed by atoms with Crippen LogP contribution in [0.4, 0.5) is 5.69 Å². The van der Waals surface area contributed by atoms with Crippen LogP contribution >= 0.6 is 0 Å². The van der Waals surface area contributed by atoms with Crippen molar-refractivity contribution in [1.29, 1.82) is 0 Å². The second-order valence-electron chi connectivity index (χ2n) is 3.66. The van der Waals surface area contributed by atoms with Gasteiger partial charge < -0.3 is 5.73 Å². The van der Waals surface area contributed by atoms with Crippen molar-refractivity contribution < 1.29 is 9.59 Å². The van der Waals surface area contributed by atoms with Crippen LogP contribution in [0, 0.1) is 0 Å². The Morgan fingerprint density at radius 3 is 2.33 bits per heavy atom. The minimum absolute atomic E-state index is 0.000625. The predicted molar refractivity (Wildman–Crippen MR) is 59.5 cm³/mol. The highest BCUT2D eigenvalue weighted by molar-refractivity contribution is 5.97. The summed E-state index contributed by atoms with van der Waals surface area (Å²) in [5, 5.41) is 0. The van der Waals surface area contributed by atoms with E-state index < -0.39 is 0 Å². The average molecular weight is 205 g/mol.